The zero-order chi connectivity index (χ0) is 17.0. The molecule has 23 heavy (non-hydrogen) atoms. The first-order chi connectivity index (χ1) is 10.8. The molecule has 122 valence electrons. The SMILES string of the molecule is CC(C)(C)OC(=O)Nc1c(C(=O)O)nnn1Cc1ccccc1. The molecule has 1 aromatic heterocycles. The van der Waals surface area contributed by atoms with Gasteiger partial charge in [0.1, 0.15) is 5.60 Å². The first-order valence-electron chi connectivity index (χ1n) is 6.97. The van der Waals surface area contributed by atoms with Crippen LogP contribution in [0.1, 0.15) is 36.8 Å². The largest absolute Gasteiger partial charge is 0.476 e. The summed E-state index contributed by atoms with van der Waals surface area (Å²) < 4.78 is 6.45. The molecular weight excluding hydrogens is 300 g/mol. The van der Waals surface area contributed by atoms with E-state index in [2.05, 4.69) is 15.6 Å². The fourth-order valence-electron chi connectivity index (χ4n) is 1.85. The Morgan fingerprint density at radius 2 is 1.91 bits per heavy atom. The third-order valence-electron chi connectivity index (χ3n) is 2.73. The van der Waals surface area contributed by atoms with Gasteiger partial charge < -0.3 is 9.84 Å². The molecule has 8 nitrogen and oxygen atoms in total. The number of carbonyl (C=O) groups excluding carboxylic acids is 1. The summed E-state index contributed by atoms with van der Waals surface area (Å²) in [5, 5.41) is 19.0. The Hall–Kier alpha value is -2.90. The van der Waals surface area contributed by atoms with E-state index in [1.54, 1.807) is 20.8 Å². The van der Waals surface area contributed by atoms with Crippen molar-refractivity contribution in [3.8, 4) is 0 Å². The van der Waals surface area contributed by atoms with Gasteiger partial charge in [0, 0.05) is 0 Å². The van der Waals surface area contributed by atoms with Crippen molar-refractivity contribution in [2.45, 2.75) is 32.9 Å². The Kier molecular flexibility index (Phi) is 4.63. The van der Waals surface area contributed by atoms with E-state index >= 15 is 0 Å². The quantitative estimate of drug-likeness (QED) is 0.896. The van der Waals surface area contributed by atoms with Crippen LogP contribution in [-0.4, -0.2) is 37.8 Å². The minimum Gasteiger partial charge on any atom is -0.476 e. The number of carboxylic acids is 1. The molecule has 1 heterocycles. The van der Waals surface area contributed by atoms with Crippen LogP contribution in [-0.2, 0) is 11.3 Å². The summed E-state index contributed by atoms with van der Waals surface area (Å²) in [6.07, 6.45) is -0.767. The second kappa shape index (κ2) is 6.47. The van der Waals surface area contributed by atoms with Crippen molar-refractivity contribution < 1.29 is 19.4 Å². The van der Waals surface area contributed by atoms with E-state index in [4.69, 9.17) is 4.74 Å². The number of ether oxygens (including phenoxy) is 1. The normalized spacial score (nSPS) is 11.1. The van der Waals surface area contributed by atoms with Crippen LogP contribution in [0, 0.1) is 0 Å². The van der Waals surface area contributed by atoms with Crippen molar-refractivity contribution in [1.82, 2.24) is 15.0 Å². The predicted molar refractivity (Wildman–Crippen MR) is 82.4 cm³/mol. The number of nitrogens with zero attached hydrogens (tertiary/aromatic N) is 3. The van der Waals surface area contributed by atoms with Crippen molar-refractivity contribution in [2.24, 2.45) is 0 Å². The van der Waals surface area contributed by atoms with Crippen molar-refractivity contribution in [1.29, 1.82) is 0 Å². The molecule has 2 rings (SSSR count). The minimum absolute atomic E-state index is 0.0180. The van der Waals surface area contributed by atoms with Gasteiger partial charge in [0.15, 0.2) is 5.82 Å². The van der Waals surface area contributed by atoms with E-state index in [0.717, 1.165) is 5.56 Å². The second-order valence-corrected chi connectivity index (χ2v) is 5.86. The van der Waals surface area contributed by atoms with Gasteiger partial charge in [0.2, 0.25) is 5.69 Å². The molecule has 0 saturated carbocycles. The van der Waals surface area contributed by atoms with Crippen molar-refractivity contribution in [2.75, 3.05) is 5.32 Å². The summed E-state index contributed by atoms with van der Waals surface area (Å²) >= 11 is 0. The first-order valence-corrected chi connectivity index (χ1v) is 6.97. The number of nitrogens with one attached hydrogen (secondary N) is 1. The van der Waals surface area contributed by atoms with Gasteiger partial charge in [-0.3, -0.25) is 5.32 Å². The Morgan fingerprint density at radius 1 is 1.26 bits per heavy atom. The second-order valence-electron chi connectivity index (χ2n) is 5.86. The molecule has 0 bridgehead atoms. The van der Waals surface area contributed by atoms with Crippen LogP contribution >= 0.6 is 0 Å². The third-order valence-corrected chi connectivity index (χ3v) is 2.73. The van der Waals surface area contributed by atoms with Gasteiger partial charge in [0.05, 0.1) is 6.54 Å². The number of benzene rings is 1. The third kappa shape index (κ3) is 4.53. The van der Waals surface area contributed by atoms with Crippen LogP contribution in [0.4, 0.5) is 10.6 Å². The van der Waals surface area contributed by atoms with Gasteiger partial charge in [-0.15, -0.1) is 5.10 Å². The molecule has 8 heteroatoms. The molecule has 0 aliphatic heterocycles. The number of aromatic nitrogens is 3. The zero-order valence-electron chi connectivity index (χ0n) is 13.1. The van der Waals surface area contributed by atoms with Crippen molar-refractivity contribution >= 4 is 17.9 Å². The fraction of sp³-hybridized carbons (Fsp3) is 0.333. The maximum absolute atomic E-state index is 11.9. The maximum Gasteiger partial charge on any atom is 0.413 e. The zero-order valence-corrected chi connectivity index (χ0v) is 13.1. The Labute approximate surface area is 133 Å². The van der Waals surface area contributed by atoms with E-state index in [-0.39, 0.29) is 18.1 Å². The number of aromatic carboxylic acids is 1. The van der Waals surface area contributed by atoms with Crippen LogP contribution in [0.3, 0.4) is 0 Å². The standard InChI is InChI=1S/C15H18N4O4/c1-15(2,3)23-14(22)16-12-11(13(20)21)17-18-19(12)9-10-7-5-4-6-8-10/h4-8H,9H2,1-3H3,(H,16,22)(H,20,21). The van der Waals surface area contributed by atoms with Crippen LogP contribution in [0.5, 0.6) is 0 Å². The van der Waals surface area contributed by atoms with Gasteiger partial charge in [-0.25, -0.2) is 14.3 Å². The molecule has 0 unspecified atom stereocenters. The number of rotatable bonds is 4. The molecule has 0 atom stereocenters. The Bertz CT molecular complexity index is 704. The Morgan fingerprint density at radius 3 is 2.48 bits per heavy atom. The number of hydrogen-bond donors (Lipinski definition) is 2. The molecule has 0 aliphatic rings. The highest BCUT2D eigenvalue weighted by atomic mass is 16.6. The molecular formula is C15H18N4O4. The lowest BCUT2D eigenvalue weighted by molar-refractivity contribution is 0.0634. The van der Waals surface area contributed by atoms with Gasteiger partial charge in [0.25, 0.3) is 0 Å². The first kappa shape index (κ1) is 16.5. The average Bonchev–Trinajstić information content (AvgIpc) is 2.81. The fourth-order valence-corrected chi connectivity index (χ4v) is 1.85. The maximum atomic E-state index is 11.9. The lowest BCUT2D eigenvalue weighted by Crippen LogP contribution is -2.28. The lowest BCUT2D eigenvalue weighted by atomic mass is 10.2. The summed E-state index contributed by atoms with van der Waals surface area (Å²) in [5.74, 6) is -1.30. The molecule has 0 spiro atoms. The monoisotopic (exact) mass is 318 g/mol. The molecule has 0 saturated heterocycles. The van der Waals surface area contributed by atoms with E-state index < -0.39 is 17.7 Å². The van der Waals surface area contributed by atoms with Crippen molar-refractivity contribution in [3.63, 3.8) is 0 Å². The average molecular weight is 318 g/mol. The van der Waals surface area contributed by atoms with E-state index in [1.165, 1.54) is 4.68 Å². The number of amides is 1. The smallest absolute Gasteiger partial charge is 0.413 e. The highest BCUT2D eigenvalue weighted by molar-refractivity contribution is 5.95. The van der Waals surface area contributed by atoms with Crippen LogP contribution < -0.4 is 5.32 Å². The minimum atomic E-state index is -1.28. The molecule has 1 aromatic carbocycles. The molecule has 0 radical (unpaired) electrons. The predicted octanol–water partition coefficient (Wildman–Crippen LogP) is 2.37. The molecule has 2 aromatic rings. The lowest BCUT2D eigenvalue weighted by Gasteiger charge is -2.19. The van der Waals surface area contributed by atoms with Gasteiger partial charge in [-0.2, -0.15) is 0 Å². The van der Waals surface area contributed by atoms with Crippen LogP contribution in [0.25, 0.3) is 0 Å². The van der Waals surface area contributed by atoms with Gasteiger partial charge >= 0.3 is 12.1 Å². The van der Waals surface area contributed by atoms with Gasteiger partial charge in [-0.05, 0) is 26.3 Å². The van der Waals surface area contributed by atoms with E-state index in [1.807, 2.05) is 30.3 Å². The highest BCUT2D eigenvalue weighted by Crippen LogP contribution is 2.17. The number of carbonyl (C=O) groups is 2. The van der Waals surface area contributed by atoms with E-state index in [9.17, 15) is 14.7 Å². The molecule has 2 N–H and O–H groups in total. The topological polar surface area (TPSA) is 106 Å². The molecule has 0 fully saturated rings. The molecule has 0 aliphatic carbocycles. The highest BCUT2D eigenvalue weighted by Gasteiger charge is 2.24. The summed E-state index contributed by atoms with van der Waals surface area (Å²) in [5.41, 5.74) is -0.154. The van der Waals surface area contributed by atoms with Crippen molar-refractivity contribution in [3.05, 3.63) is 41.6 Å². The summed E-state index contributed by atoms with van der Waals surface area (Å²) in [6, 6.07) is 9.29. The summed E-state index contributed by atoms with van der Waals surface area (Å²) in [6.45, 7) is 5.41. The molecule has 1 amide bonds. The van der Waals surface area contributed by atoms with Crippen LogP contribution in [0.15, 0.2) is 30.3 Å². The summed E-state index contributed by atoms with van der Waals surface area (Å²) in [7, 11) is 0. The number of anilines is 1. The van der Waals surface area contributed by atoms with Crippen LogP contribution in [0.2, 0.25) is 0 Å². The number of carboxylic acid groups (broad SMARTS) is 1. The summed E-state index contributed by atoms with van der Waals surface area (Å²) in [4.78, 5) is 23.2. The van der Waals surface area contributed by atoms with Gasteiger partial charge in [-0.1, -0.05) is 35.5 Å². The van der Waals surface area contributed by atoms with E-state index in [0.29, 0.717) is 0 Å². The Balaban J connectivity index is 2.26. The number of hydrogen-bond acceptors (Lipinski definition) is 5.